The summed E-state index contributed by atoms with van der Waals surface area (Å²) in [6.07, 6.45) is 0.948. The Hall–Kier alpha value is -1.62. The van der Waals surface area contributed by atoms with Crippen molar-refractivity contribution < 1.29 is 18.9 Å². The third kappa shape index (κ3) is 8.98. The van der Waals surface area contributed by atoms with Crippen LogP contribution >= 0.6 is 39.1 Å². The van der Waals surface area contributed by atoms with Crippen molar-refractivity contribution in [3.63, 3.8) is 0 Å². The Morgan fingerprint density at radius 3 is 2.32 bits per heavy atom. The molecule has 1 aliphatic heterocycles. The molecule has 3 rings (SSSR count). The quantitative estimate of drug-likeness (QED) is 0.319. The van der Waals surface area contributed by atoms with Gasteiger partial charge >= 0.3 is 7.12 Å². The van der Waals surface area contributed by atoms with Gasteiger partial charge in [-0.05, 0) is 53.0 Å². The number of hydrogen-bond donors (Lipinski definition) is 2. The van der Waals surface area contributed by atoms with Crippen LogP contribution in [0.2, 0.25) is 10.0 Å². The second-order valence-corrected chi connectivity index (χ2v) is 11.2. The summed E-state index contributed by atoms with van der Waals surface area (Å²) in [5.41, 5.74) is 1.08. The lowest BCUT2D eigenvalue weighted by atomic mass is 9.73. The van der Waals surface area contributed by atoms with Crippen molar-refractivity contribution in [2.45, 2.75) is 38.7 Å². The fourth-order valence-corrected chi connectivity index (χ4v) is 5.13. The number of carbonyl (C=O) groups excluding carboxylic acids is 2. The van der Waals surface area contributed by atoms with E-state index in [1.54, 1.807) is 12.1 Å². The molecule has 0 aromatic heterocycles. The number of nitrogens with one attached hydrogen (secondary N) is 2. The van der Waals surface area contributed by atoms with E-state index in [4.69, 9.17) is 32.5 Å². The molecule has 1 unspecified atom stereocenters. The average Bonchev–Trinajstić information content (AvgIpc) is 2.83. The number of benzene rings is 2. The number of hydrogen-bond acceptors (Lipinski definition) is 5. The van der Waals surface area contributed by atoms with Gasteiger partial charge in [-0.3, -0.25) is 9.59 Å². The summed E-state index contributed by atoms with van der Waals surface area (Å²) in [4.78, 5) is 29.1. The van der Waals surface area contributed by atoms with Gasteiger partial charge in [0.2, 0.25) is 5.91 Å². The number of nitrogens with zero attached hydrogens (tertiary/aromatic N) is 1. The van der Waals surface area contributed by atoms with Gasteiger partial charge in [0.05, 0.1) is 21.5 Å². The summed E-state index contributed by atoms with van der Waals surface area (Å²) < 4.78 is 12.5. The normalized spacial score (nSPS) is 16.6. The van der Waals surface area contributed by atoms with Crippen molar-refractivity contribution in [2.24, 2.45) is 5.92 Å². The molecule has 0 radical (unpaired) electrons. The Balaban J connectivity index is 1.83. The van der Waals surface area contributed by atoms with Crippen molar-refractivity contribution in [3.05, 3.63) is 68.1 Å². The Bertz CT molecular complexity index is 1050. The molecule has 2 amide bonds. The van der Waals surface area contributed by atoms with Crippen molar-refractivity contribution in [2.75, 3.05) is 33.4 Å². The minimum Gasteiger partial charge on any atom is -0.408 e. The molecule has 2 aromatic rings. The van der Waals surface area contributed by atoms with Gasteiger partial charge in [0.15, 0.2) is 0 Å². The third-order valence-corrected chi connectivity index (χ3v) is 7.53. The molecule has 1 saturated heterocycles. The molecule has 7 nitrogen and oxygen atoms in total. The SMILES string of the molecule is CC(C)C[C@H](NC(=O)C(Cc1ccccc1)NC(=O)c1c(Br)ccc(Cl)c1Cl)B1OCCN(C)CCO1. The van der Waals surface area contributed by atoms with Gasteiger partial charge in [-0.1, -0.05) is 67.4 Å². The molecular formula is C26H33BBrCl2N3O4. The Labute approximate surface area is 237 Å². The van der Waals surface area contributed by atoms with Gasteiger partial charge < -0.3 is 24.8 Å². The van der Waals surface area contributed by atoms with Crippen molar-refractivity contribution in [3.8, 4) is 0 Å². The van der Waals surface area contributed by atoms with Crippen molar-refractivity contribution in [1.82, 2.24) is 15.5 Å². The first-order chi connectivity index (χ1) is 17.7. The Morgan fingerprint density at radius 1 is 1.05 bits per heavy atom. The van der Waals surface area contributed by atoms with E-state index >= 15 is 0 Å². The summed E-state index contributed by atoms with van der Waals surface area (Å²) in [7, 11) is 1.44. The van der Waals surface area contributed by atoms with E-state index in [-0.39, 0.29) is 33.4 Å². The van der Waals surface area contributed by atoms with Crippen molar-refractivity contribution >= 4 is 58.1 Å². The van der Waals surface area contributed by atoms with Crippen LogP contribution in [0.3, 0.4) is 0 Å². The van der Waals surface area contributed by atoms with Gasteiger partial charge in [0.25, 0.3) is 5.91 Å². The predicted molar refractivity (Wildman–Crippen MR) is 152 cm³/mol. The monoisotopic (exact) mass is 611 g/mol. The van der Waals surface area contributed by atoms with Crippen LogP contribution in [0.4, 0.5) is 0 Å². The minimum absolute atomic E-state index is 0.117. The molecule has 200 valence electrons. The van der Waals surface area contributed by atoms with Crippen LogP contribution in [-0.4, -0.2) is 69.2 Å². The maximum Gasteiger partial charge on any atom is 0.480 e. The summed E-state index contributed by atoms with van der Waals surface area (Å²) >= 11 is 15.9. The molecule has 1 fully saturated rings. The Kier molecular flexibility index (Phi) is 11.7. The Morgan fingerprint density at radius 2 is 1.70 bits per heavy atom. The van der Waals surface area contributed by atoms with Crippen LogP contribution in [0.5, 0.6) is 0 Å². The summed E-state index contributed by atoms with van der Waals surface area (Å²) in [5.74, 6) is -0.928. The van der Waals surface area contributed by atoms with E-state index in [1.807, 2.05) is 37.4 Å². The standard InChI is InChI=1S/C26H33BBrCl2N3O4/c1-17(2)15-22(27-36-13-11-33(3)12-14-37-27)32-25(34)21(16-18-7-5-4-6-8-18)31-26(35)23-19(28)9-10-20(29)24(23)30/h4-10,17,21-22H,11-16H2,1-3H3,(H,31,35)(H,32,34)/t21?,22-/m0/s1. The molecule has 2 aromatic carbocycles. The van der Waals surface area contributed by atoms with E-state index in [9.17, 15) is 9.59 Å². The number of likely N-dealkylation sites (N-methyl/N-ethyl adjacent to an activating group) is 1. The van der Waals surface area contributed by atoms with E-state index < -0.39 is 19.1 Å². The van der Waals surface area contributed by atoms with Gasteiger partial charge in [0, 0.05) is 37.2 Å². The zero-order valence-corrected chi connectivity index (χ0v) is 24.4. The van der Waals surface area contributed by atoms with Crippen LogP contribution in [-0.2, 0) is 20.5 Å². The highest BCUT2D eigenvalue weighted by atomic mass is 79.9. The molecule has 0 bridgehead atoms. The molecular weight excluding hydrogens is 580 g/mol. The third-order valence-electron chi connectivity index (χ3n) is 6.07. The first kappa shape index (κ1) is 29.9. The predicted octanol–water partition coefficient (Wildman–Crippen LogP) is 4.63. The van der Waals surface area contributed by atoms with Crippen LogP contribution in [0, 0.1) is 5.92 Å². The molecule has 1 heterocycles. The molecule has 0 spiro atoms. The summed E-state index contributed by atoms with van der Waals surface area (Å²) in [6.45, 7) is 6.72. The fraction of sp³-hybridized carbons (Fsp3) is 0.462. The molecule has 0 saturated carbocycles. The first-order valence-corrected chi connectivity index (χ1v) is 13.9. The minimum atomic E-state index is -0.869. The van der Waals surface area contributed by atoms with E-state index in [0.29, 0.717) is 30.5 Å². The largest absolute Gasteiger partial charge is 0.480 e. The topological polar surface area (TPSA) is 79.9 Å². The van der Waals surface area contributed by atoms with Gasteiger partial charge in [-0.25, -0.2) is 0 Å². The van der Waals surface area contributed by atoms with Crippen LogP contribution in [0.25, 0.3) is 0 Å². The lowest BCUT2D eigenvalue weighted by Crippen LogP contribution is -2.57. The van der Waals surface area contributed by atoms with Crippen LogP contribution in [0.1, 0.15) is 36.2 Å². The lowest BCUT2D eigenvalue weighted by Gasteiger charge is -2.31. The molecule has 1 aliphatic rings. The van der Waals surface area contributed by atoms with Gasteiger partial charge in [0.1, 0.15) is 6.04 Å². The van der Waals surface area contributed by atoms with Gasteiger partial charge in [-0.2, -0.15) is 0 Å². The number of carbonyl (C=O) groups is 2. The van der Waals surface area contributed by atoms with Crippen LogP contribution < -0.4 is 10.6 Å². The number of halogens is 3. The molecule has 2 N–H and O–H groups in total. The highest BCUT2D eigenvalue weighted by molar-refractivity contribution is 9.10. The fourth-order valence-electron chi connectivity index (χ4n) is 4.10. The first-order valence-electron chi connectivity index (χ1n) is 12.4. The zero-order valence-electron chi connectivity index (χ0n) is 21.3. The van der Waals surface area contributed by atoms with Crippen molar-refractivity contribution in [1.29, 1.82) is 0 Å². The molecule has 2 atom stereocenters. The van der Waals surface area contributed by atoms with E-state index in [0.717, 1.165) is 18.7 Å². The summed E-state index contributed by atoms with van der Waals surface area (Å²) in [6, 6.07) is 11.9. The number of rotatable bonds is 9. The average molecular weight is 613 g/mol. The number of amides is 2. The maximum absolute atomic E-state index is 13.7. The zero-order chi connectivity index (χ0) is 26.9. The second kappa shape index (κ2) is 14.5. The smallest absolute Gasteiger partial charge is 0.408 e. The highest BCUT2D eigenvalue weighted by Crippen LogP contribution is 2.31. The van der Waals surface area contributed by atoms with Gasteiger partial charge in [-0.15, -0.1) is 0 Å². The van der Waals surface area contributed by atoms with E-state index in [2.05, 4.69) is 45.3 Å². The maximum atomic E-state index is 13.7. The van der Waals surface area contributed by atoms with Crippen LogP contribution in [0.15, 0.2) is 46.9 Å². The summed E-state index contributed by atoms with van der Waals surface area (Å²) in [5, 5.41) is 6.34. The molecule has 11 heteroatoms. The highest BCUT2D eigenvalue weighted by Gasteiger charge is 2.35. The lowest BCUT2D eigenvalue weighted by molar-refractivity contribution is -0.123. The van der Waals surface area contributed by atoms with E-state index in [1.165, 1.54) is 0 Å². The molecule has 37 heavy (non-hydrogen) atoms. The second-order valence-electron chi connectivity index (χ2n) is 9.59. The molecule has 0 aliphatic carbocycles.